The quantitative estimate of drug-likeness (QED) is 0.822. The second-order valence-electron chi connectivity index (χ2n) is 6.13. The van der Waals surface area contributed by atoms with Gasteiger partial charge in [-0.05, 0) is 51.9 Å². The first-order valence-corrected chi connectivity index (χ1v) is 8.46. The Morgan fingerprint density at radius 3 is 2.43 bits per heavy atom. The van der Waals surface area contributed by atoms with E-state index < -0.39 is 15.6 Å². The van der Waals surface area contributed by atoms with Gasteiger partial charge in [0.2, 0.25) is 10.0 Å². The maximum atomic E-state index is 13.0. The fourth-order valence-electron chi connectivity index (χ4n) is 2.20. The molecule has 1 aromatic rings. The third kappa shape index (κ3) is 4.15. The van der Waals surface area contributed by atoms with Crippen LogP contribution in [0.3, 0.4) is 0 Å². The van der Waals surface area contributed by atoms with Crippen LogP contribution < -0.4 is 5.32 Å². The van der Waals surface area contributed by atoms with Gasteiger partial charge in [0, 0.05) is 18.6 Å². The lowest BCUT2D eigenvalue weighted by Crippen LogP contribution is -2.45. The highest BCUT2D eigenvalue weighted by molar-refractivity contribution is 7.89. The lowest BCUT2D eigenvalue weighted by atomic mass is 10.1. The van der Waals surface area contributed by atoms with Gasteiger partial charge in [-0.3, -0.25) is 0 Å². The molecule has 0 fully saturated rings. The lowest BCUT2D eigenvalue weighted by molar-refractivity contribution is 0.269. The van der Waals surface area contributed by atoms with Crippen LogP contribution in [0.1, 0.15) is 31.9 Å². The van der Waals surface area contributed by atoms with E-state index in [9.17, 15) is 8.42 Å². The molecule has 0 spiro atoms. The molecule has 0 heterocycles. The Morgan fingerprint density at radius 1 is 1.33 bits per heavy atom. The number of sulfonamides is 1. The van der Waals surface area contributed by atoms with Crippen LogP contribution in [0, 0.1) is 6.92 Å². The number of rotatable bonds is 6. The molecule has 0 atom stereocenters. The molecule has 5 heteroatoms. The third-order valence-electron chi connectivity index (χ3n) is 3.24. The van der Waals surface area contributed by atoms with Crippen LogP contribution in [0.4, 0.5) is 0 Å². The molecule has 0 aliphatic heterocycles. The van der Waals surface area contributed by atoms with E-state index in [1.165, 1.54) is 4.31 Å². The molecule has 0 aliphatic carbocycles. The number of benzene rings is 1. The van der Waals surface area contributed by atoms with Crippen molar-refractivity contribution in [3.05, 3.63) is 42.0 Å². The molecular weight excluding hydrogens is 284 g/mol. The standard InChI is InChI=1S/C16H26N2O2S/c1-7-10-18(16(3,4)5)21(19,20)15-11-14(12-17-6)9-8-13(15)2/h7-9,11,17H,1,10,12H2,2-6H3. The highest BCUT2D eigenvalue weighted by Crippen LogP contribution is 2.27. The number of hydrogen-bond acceptors (Lipinski definition) is 3. The van der Waals surface area contributed by atoms with E-state index in [-0.39, 0.29) is 0 Å². The Kier molecular flexibility index (Phi) is 5.73. The Labute approximate surface area is 128 Å². The molecule has 4 nitrogen and oxygen atoms in total. The number of hydrogen-bond donors (Lipinski definition) is 1. The molecule has 21 heavy (non-hydrogen) atoms. The van der Waals surface area contributed by atoms with Gasteiger partial charge in [-0.2, -0.15) is 4.31 Å². The van der Waals surface area contributed by atoms with Gasteiger partial charge < -0.3 is 5.32 Å². The predicted octanol–water partition coefficient (Wildman–Crippen LogP) is 2.69. The fraction of sp³-hybridized carbons (Fsp3) is 0.500. The third-order valence-corrected chi connectivity index (χ3v) is 5.52. The first-order chi connectivity index (χ1) is 9.64. The molecule has 0 radical (unpaired) electrons. The van der Waals surface area contributed by atoms with Crippen molar-refractivity contribution in [2.45, 2.75) is 44.7 Å². The maximum Gasteiger partial charge on any atom is 0.244 e. The average molecular weight is 310 g/mol. The van der Waals surface area contributed by atoms with E-state index in [4.69, 9.17) is 0 Å². The molecule has 0 saturated carbocycles. The van der Waals surface area contributed by atoms with Crippen LogP contribution in [-0.2, 0) is 16.6 Å². The highest BCUT2D eigenvalue weighted by Gasteiger charge is 2.33. The van der Waals surface area contributed by atoms with Crippen molar-refractivity contribution in [2.24, 2.45) is 0 Å². The summed E-state index contributed by atoms with van der Waals surface area (Å²) in [7, 11) is -1.72. The molecule has 0 unspecified atom stereocenters. The molecule has 1 aromatic carbocycles. The monoisotopic (exact) mass is 310 g/mol. The fourth-order valence-corrected chi connectivity index (χ4v) is 4.24. The summed E-state index contributed by atoms with van der Waals surface area (Å²) in [6, 6.07) is 5.55. The van der Waals surface area contributed by atoms with Crippen LogP contribution in [-0.4, -0.2) is 31.9 Å². The second kappa shape index (κ2) is 6.73. The summed E-state index contributed by atoms with van der Waals surface area (Å²) in [6.07, 6.45) is 1.62. The zero-order chi connectivity index (χ0) is 16.3. The van der Waals surface area contributed by atoms with E-state index in [1.807, 2.05) is 46.9 Å². The topological polar surface area (TPSA) is 49.4 Å². The zero-order valence-corrected chi connectivity index (χ0v) is 14.4. The number of aryl methyl sites for hydroxylation is 1. The maximum absolute atomic E-state index is 13.0. The van der Waals surface area contributed by atoms with Crippen molar-refractivity contribution in [3.8, 4) is 0 Å². The van der Waals surface area contributed by atoms with Gasteiger partial charge in [0.25, 0.3) is 0 Å². The Morgan fingerprint density at radius 2 is 1.95 bits per heavy atom. The van der Waals surface area contributed by atoms with Crippen molar-refractivity contribution >= 4 is 10.0 Å². The Hall–Kier alpha value is -1.17. The molecule has 0 saturated heterocycles. The summed E-state index contributed by atoms with van der Waals surface area (Å²) in [5.41, 5.74) is 1.21. The summed E-state index contributed by atoms with van der Waals surface area (Å²) in [5, 5.41) is 3.04. The Bertz CT molecular complexity index is 601. The van der Waals surface area contributed by atoms with Crippen molar-refractivity contribution < 1.29 is 8.42 Å². The van der Waals surface area contributed by atoms with Crippen LogP contribution in [0.5, 0.6) is 0 Å². The number of nitrogens with one attached hydrogen (secondary N) is 1. The van der Waals surface area contributed by atoms with Gasteiger partial charge >= 0.3 is 0 Å². The summed E-state index contributed by atoms with van der Waals surface area (Å²) < 4.78 is 27.5. The van der Waals surface area contributed by atoms with Crippen LogP contribution in [0.2, 0.25) is 0 Å². The molecule has 0 bridgehead atoms. The first kappa shape index (κ1) is 17.9. The largest absolute Gasteiger partial charge is 0.316 e. The molecule has 0 amide bonds. The van der Waals surface area contributed by atoms with Crippen molar-refractivity contribution in [1.82, 2.24) is 9.62 Å². The van der Waals surface area contributed by atoms with E-state index in [0.29, 0.717) is 18.0 Å². The van der Waals surface area contributed by atoms with E-state index in [1.54, 1.807) is 12.1 Å². The average Bonchev–Trinajstić information content (AvgIpc) is 2.36. The van der Waals surface area contributed by atoms with Gasteiger partial charge in [-0.15, -0.1) is 6.58 Å². The summed E-state index contributed by atoms with van der Waals surface area (Å²) in [6.45, 7) is 12.1. The van der Waals surface area contributed by atoms with Gasteiger partial charge in [-0.1, -0.05) is 18.2 Å². The van der Waals surface area contributed by atoms with Gasteiger partial charge in [0.1, 0.15) is 0 Å². The normalized spacial score (nSPS) is 12.7. The predicted molar refractivity (Wildman–Crippen MR) is 87.8 cm³/mol. The van der Waals surface area contributed by atoms with Crippen molar-refractivity contribution in [3.63, 3.8) is 0 Å². The van der Waals surface area contributed by atoms with Crippen molar-refractivity contribution in [1.29, 1.82) is 0 Å². The lowest BCUT2D eigenvalue weighted by Gasteiger charge is -2.34. The minimum atomic E-state index is -3.56. The van der Waals surface area contributed by atoms with E-state index >= 15 is 0 Å². The first-order valence-electron chi connectivity index (χ1n) is 7.02. The molecule has 1 N–H and O–H groups in total. The van der Waals surface area contributed by atoms with Crippen LogP contribution in [0.25, 0.3) is 0 Å². The SMILES string of the molecule is C=CCN(C(C)(C)C)S(=O)(=O)c1cc(CNC)ccc1C. The van der Waals surface area contributed by atoms with E-state index in [2.05, 4.69) is 11.9 Å². The number of nitrogens with zero attached hydrogens (tertiary/aromatic N) is 1. The molecular formula is C16H26N2O2S. The van der Waals surface area contributed by atoms with Gasteiger partial charge in [0.15, 0.2) is 0 Å². The summed E-state index contributed by atoms with van der Waals surface area (Å²) in [4.78, 5) is 0.368. The van der Waals surface area contributed by atoms with E-state index in [0.717, 1.165) is 11.1 Å². The molecule has 0 aliphatic rings. The Balaban J connectivity index is 3.40. The summed E-state index contributed by atoms with van der Waals surface area (Å²) >= 11 is 0. The highest BCUT2D eigenvalue weighted by atomic mass is 32.2. The molecule has 1 rings (SSSR count). The molecule has 0 aromatic heterocycles. The van der Waals surface area contributed by atoms with Crippen molar-refractivity contribution in [2.75, 3.05) is 13.6 Å². The molecule has 118 valence electrons. The zero-order valence-electron chi connectivity index (χ0n) is 13.6. The van der Waals surface area contributed by atoms with Gasteiger partial charge in [0.05, 0.1) is 4.90 Å². The minimum absolute atomic E-state index is 0.293. The van der Waals surface area contributed by atoms with Crippen LogP contribution in [0.15, 0.2) is 35.7 Å². The minimum Gasteiger partial charge on any atom is -0.316 e. The summed E-state index contributed by atoms with van der Waals surface area (Å²) in [5.74, 6) is 0. The van der Waals surface area contributed by atoms with Crippen LogP contribution >= 0.6 is 0 Å². The smallest absolute Gasteiger partial charge is 0.244 e. The van der Waals surface area contributed by atoms with Gasteiger partial charge in [-0.25, -0.2) is 8.42 Å². The second-order valence-corrected chi connectivity index (χ2v) is 7.96.